The lowest BCUT2D eigenvalue weighted by molar-refractivity contribution is -0.135. The van der Waals surface area contributed by atoms with Crippen molar-refractivity contribution in [3.8, 4) is 28.1 Å². The molecule has 3 atom stereocenters. The largest absolute Gasteiger partial charge is 0.488 e. The monoisotopic (exact) mass is 716 g/mol. The van der Waals surface area contributed by atoms with E-state index in [4.69, 9.17) is 19.4 Å². The molecule has 1 radical (unpaired) electrons. The first kappa shape index (κ1) is 34.7. The molecule has 2 fully saturated rings. The van der Waals surface area contributed by atoms with E-state index in [2.05, 4.69) is 51.7 Å². The van der Waals surface area contributed by atoms with Crippen molar-refractivity contribution in [1.29, 1.82) is 0 Å². The summed E-state index contributed by atoms with van der Waals surface area (Å²) in [6.07, 6.45) is 6.51. The number of likely N-dealkylation sites (tertiary alicyclic amines) is 2. The molecular weight excluding hydrogens is 670 g/mol. The van der Waals surface area contributed by atoms with Gasteiger partial charge in [-0.2, -0.15) is 0 Å². The quantitative estimate of drug-likeness (QED) is 0.154. The zero-order valence-corrected chi connectivity index (χ0v) is 30.9. The molecule has 12 heteroatoms. The minimum absolute atomic E-state index is 0.0448. The third kappa shape index (κ3) is 6.27. The number of amides is 3. The zero-order valence-electron chi connectivity index (χ0n) is 30.9. The van der Waals surface area contributed by atoms with Crippen molar-refractivity contribution in [3.63, 3.8) is 0 Å². The highest BCUT2D eigenvalue weighted by Crippen LogP contribution is 2.45. The molecule has 0 unspecified atom stereocenters. The van der Waals surface area contributed by atoms with Crippen molar-refractivity contribution in [2.75, 3.05) is 20.2 Å². The van der Waals surface area contributed by atoms with Crippen LogP contribution in [0.5, 0.6) is 5.75 Å². The summed E-state index contributed by atoms with van der Waals surface area (Å²) in [5.41, 5.74) is 6.89. The molecule has 53 heavy (non-hydrogen) atoms. The summed E-state index contributed by atoms with van der Waals surface area (Å²) in [5.74, 6) is 2.41. The molecule has 5 heterocycles. The fourth-order valence-corrected chi connectivity index (χ4v) is 8.23. The Balaban J connectivity index is 1.05. The van der Waals surface area contributed by atoms with Gasteiger partial charge in [0.2, 0.25) is 11.8 Å². The fourth-order valence-electron chi connectivity index (χ4n) is 8.23. The second-order valence-corrected chi connectivity index (χ2v) is 15.1. The summed E-state index contributed by atoms with van der Waals surface area (Å²) in [4.78, 5) is 59.2. The second-order valence-electron chi connectivity index (χ2n) is 15.1. The predicted octanol–water partition coefficient (Wildman–Crippen LogP) is 7.23. The fraction of sp³-hybridized carbons (Fsp3) is 0.415. The number of nitrogens with one attached hydrogen (secondary N) is 3. The van der Waals surface area contributed by atoms with Crippen molar-refractivity contribution >= 4 is 39.7 Å². The Kier molecular flexibility index (Phi) is 9.08. The third-order valence-electron chi connectivity index (χ3n) is 10.9. The van der Waals surface area contributed by atoms with E-state index >= 15 is 0 Å². The van der Waals surface area contributed by atoms with Gasteiger partial charge in [0.1, 0.15) is 30.0 Å². The lowest BCUT2D eigenvalue weighted by Crippen LogP contribution is -2.51. The predicted molar refractivity (Wildman–Crippen MR) is 202 cm³/mol. The zero-order chi connectivity index (χ0) is 37.0. The van der Waals surface area contributed by atoms with Crippen LogP contribution in [-0.2, 0) is 20.9 Å². The number of H-pyrrole nitrogens is 2. The highest BCUT2D eigenvalue weighted by molar-refractivity contribution is 6.09. The number of nitrogens with zero attached hydrogens (tertiary/aromatic N) is 4. The van der Waals surface area contributed by atoms with Crippen LogP contribution in [0.25, 0.3) is 44.2 Å². The number of rotatable bonds is 8. The molecule has 275 valence electrons. The molecule has 5 aromatic rings. The molecule has 0 aliphatic carbocycles. The van der Waals surface area contributed by atoms with E-state index in [9.17, 15) is 14.4 Å². The van der Waals surface area contributed by atoms with Gasteiger partial charge >= 0.3 is 6.09 Å². The molecule has 3 amide bonds. The molecule has 3 N–H and O–H groups in total. The minimum atomic E-state index is -0.694. The van der Waals surface area contributed by atoms with Crippen molar-refractivity contribution in [2.24, 2.45) is 11.8 Å². The highest BCUT2D eigenvalue weighted by atomic mass is 16.5. The number of hydrogen-bond acceptors (Lipinski definition) is 7. The van der Waals surface area contributed by atoms with Crippen LogP contribution in [0.4, 0.5) is 4.79 Å². The standard InChI is InChI=1S/C41H46N7O5/c1-22(2)18-34(49)47-16-6-8-32(47)38-42-20-31(44-38)24-10-11-26-25(19-24)21-53-37-28(26)13-12-27-29(37)14-15-30-36(27)45-39(43-30)33-9-7-17-48(33)40(50)35(23(3)4)46-41(51)52-5/h10-15,18-20,22-23,32-33,35H,6-9,16-17,21H2,1-5H3,(H,42,44)(H,43,45)(H,46,51)/t32-,33+,35+/m1/s1. The second kappa shape index (κ2) is 13.9. The van der Waals surface area contributed by atoms with Gasteiger partial charge in [-0.25, -0.2) is 14.8 Å². The molecule has 8 rings (SSSR count). The van der Waals surface area contributed by atoms with Gasteiger partial charge in [0.25, 0.3) is 0 Å². The Morgan fingerprint density at radius 1 is 0.925 bits per heavy atom. The van der Waals surface area contributed by atoms with Crippen LogP contribution < -0.4 is 10.1 Å². The average molecular weight is 717 g/mol. The molecule has 0 spiro atoms. The van der Waals surface area contributed by atoms with E-state index in [-0.39, 0.29) is 35.7 Å². The molecular formula is C41H46N7O5. The first-order valence-corrected chi connectivity index (χ1v) is 18.7. The van der Waals surface area contributed by atoms with E-state index in [1.165, 1.54) is 7.11 Å². The van der Waals surface area contributed by atoms with E-state index in [1.807, 2.05) is 49.8 Å². The van der Waals surface area contributed by atoms with Crippen molar-refractivity contribution in [1.82, 2.24) is 35.1 Å². The maximum atomic E-state index is 13.7. The van der Waals surface area contributed by atoms with Crippen LogP contribution in [0.3, 0.4) is 0 Å². The normalized spacial score (nSPS) is 18.8. The first-order valence-electron chi connectivity index (χ1n) is 18.7. The molecule has 0 saturated carbocycles. The molecule has 3 aliphatic heterocycles. The first-order chi connectivity index (χ1) is 25.6. The Morgan fingerprint density at radius 2 is 1.66 bits per heavy atom. The number of hydrogen-bond donors (Lipinski definition) is 3. The highest BCUT2D eigenvalue weighted by Gasteiger charge is 2.38. The van der Waals surface area contributed by atoms with E-state index < -0.39 is 12.1 Å². The molecule has 12 nitrogen and oxygen atoms in total. The van der Waals surface area contributed by atoms with Crippen molar-refractivity contribution in [3.05, 3.63) is 72.3 Å². The van der Waals surface area contributed by atoms with Crippen LogP contribution in [0.2, 0.25) is 0 Å². The molecule has 2 saturated heterocycles. The van der Waals surface area contributed by atoms with Crippen LogP contribution >= 0.6 is 0 Å². The summed E-state index contributed by atoms with van der Waals surface area (Å²) in [5, 5.41) is 4.67. The Morgan fingerprint density at radius 3 is 2.42 bits per heavy atom. The van der Waals surface area contributed by atoms with Gasteiger partial charge in [-0.05, 0) is 78.5 Å². The maximum absolute atomic E-state index is 13.7. The van der Waals surface area contributed by atoms with E-state index in [0.29, 0.717) is 13.2 Å². The number of alkyl carbamates (subject to hydrolysis) is 1. The van der Waals surface area contributed by atoms with Gasteiger partial charge in [-0.1, -0.05) is 45.9 Å². The van der Waals surface area contributed by atoms with Gasteiger partial charge in [-0.15, -0.1) is 0 Å². The molecule has 3 aromatic carbocycles. The van der Waals surface area contributed by atoms with Gasteiger partial charge in [0, 0.05) is 29.4 Å². The summed E-state index contributed by atoms with van der Waals surface area (Å²) >= 11 is 0. The lowest BCUT2D eigenvalue weighted by Gasteiger charge is -2.29. The lowest BCUT2D eigenvalue weighted by atomic mass is 9.92. The minimum Gasteiger partial charge on any atom is -0.488 e. The summed E-state index contributed by atoms with van der Waals surface area (Å²) in [6.45, 7) is 9.63. The SMILES string of the molecule is COC(=O)N[C@H](C(=O)N1CCC[C@H]1c1nc2c(ccc3c4c(ccc32)-c2ccc(-c3cnc([C@H]5CCCN5C(=O)[CH]C(C)C)[nH]3)cc2CO4)[nH]1)C(C)C. The van der Waals surface area contributed by atoms with Crippen molar-refractivity contribution in [2.45, 2.75) is 78.1 Å². The number of benzene rings is 3. The van der Waals surface area contributed by atoms with Crippen molar-refractivity contribution < 1.29 is 23.9 Å². The van der Waals surface area contributed by atoms with Crippen LogP contribution in [-0.4, -0.2) is 73.9 Å². The number of aromatic nitrogens is 4. The number of carbonyl (C=O) groups is 3. The molecule has 2 aromatic heterocycles. The van der Waals surface area contributed by atoms with Crippen LogP contribution in [0, 0.1) is 18.3 Å². The number of carbonyl (C=O) groups excluding carboxylic acids is 3. The Bertz CT molecular complexity index is 2220. The summed E-state index contributed by atoms with van der Waals surface area (Å²) in [7, 11) is 1.30. The Hall–Kier alpha value is -5.39. The van der Waals surface area contributed by atoms with Crippen LogP contribution in [0.15, 0.2) is 48.7 Å². The average Bonchev–Trinajstić information content (AvgIpc) is 3.98. The van der Waals surface area contributed by atoms with E-state index in [1.54, 1.807) is 6.42 Å². The third-order valence-corrected chi connectivity index (χ3v) is 10.9. The number of methoxy groups -OCH3 is 1. The molecule has 0 bridgehead atoms. The molecule has 3 aliphatic rings. The van der Waals surface area contributed by atoms with E-state index in [0.717, 1.165) is 99.4 Å². The maximum Gasteiger partial charge on any atom is 0.407 e. The Labute approximate surface area is 308 Å². The van der Waals surface area contributed by atoms with Gasteiger partial charge < -0.3 is 34.6 Å². The van der Waals surface area contributed by atoms with Gasteiger partial charge in [0.15, 0.2) is 0 Å². The van der Waals surface area contributed by atoms with Gasteiger partial charge in [-0.3, -0.25) is 9.59 Å². The van der Waals surface area contributed by atoms with Gasteiger partial charge in [0.05, 0.1) is 48.5 Å². The number of aromatic amines is 2. The number of imidazole rings is 2. The summed E-state index contributed by atoms with van der Waals surface area (Å²) < 4.78 is 11.3. The number of ether oxygens (including phenoxy) is 2. The van der Waals surface area contributed by atoms with Crippen LogP contribution in [0.1, 0.15) is 82.7 Å². The summed E-state index contributed by atoms with van der Waals surface area (Å²) in [6, 6.07) is 13.8. The topological polar surface area (TPSA) is 146 Å². The smallest absolute Gasteiger partial charge is 0.407 e. The number of fused-ring (bicyclic) bond motifs is 7.